The summed E-state index contributed by atoms with van der Waals surface area (Å²) >= 11 is 0. The molecule has 15 heavy (non-hydrogen) atoms. The molecule has 0 aliphatic carbocycles. The molecule has 0 saturated carbocycles. The third kappa shape index (κ3) is 6.60. The van der Waals surface area contributed by atoms with Gasteiger partial charge < -0.3 is 15.2 Å². The van der Waals surface area contributed by atoms with Gasteiger partial charge in [0.1, 0.15) is 6.61 Å². The first-order chi connectivity index (χ1) is 6.78. The summed E-state index contributed by atoms with van der Waals surface area (Å²) in [7, 11) is 0. The lowest BCUT2D eigenvalue weighted by molar-refractivity contribution is -0.131. The molecule has 4 nitrogen and oxygen atoms in total. The largest absolute Gasteiger partial charge is 0.374 e. The molecule has 90 valence electrons. The van der Waals surface area contributed by atoms with E-state index in [-0.39, 0.29) is 24.1 Å². The number of nitrogens with two attached hydrogens (primary N) is 1. The Morgan fingerprint density at radius 3 is 2.33 bits per heavy atom. The quantitative estimate of drug-likeness (QED) is 0.724. The van der Waals surface area contributed by atoms with Crippen molar-refractivity contribution >= 4 is 5.78 Å². The smallest absolute Gasteiger partial charge is 0.177 e. The van der Waals surface area contributed by atoms with Crippen molar-refractivity contribution in [1.82, 2.24) is 0 Å². The fourth-order valence-electron chi connectivity index (χ4n) is 1.19. The van der Waals surface area contributed by atoms with Crippen molar-refractivity contribution in [2.75, 3.05) is 13.2 Å². The van der Waals surface area contributed by atoms with Crippen LogP contribution in [-0.2, 0) is 14.3 Å². The molecule has 0 saturated heterocycles. The molecular formula is C11H23NO3. The third-order valence-electron chi connectivity index (χ3n) is 1.87. The highest BCUT2D eigenvalue weighted by molar-refractivity contribution is 5.85. The van der Waals surface area contributed by atoms with Gasteiger partial charge in [0.25, 0.3) is 0 Å². The number of ketones is 1. The minimum Gasteiger partial charge on any atom is -0.374 e. The zero-order valence-electron chi connectivity index (χ0n) is 10.4. The molecule has 0 heterocycles. The molecule has 4 heteroatoms. The number of hydrogen-bond donors (Lipinski definition) is 1. The lowest BCUT2D eigenvalue weighted by atomic mass is 10.1. The van der Waals surface area contributed by atoms with E-state index in [1.165, 1.54) is 0 Å². The van der Waals surface area contributed by atoms with Gasteiger partial charge in [-0.2, -0.15) is 0 Å². The monoisotopic (exact) mass is 217 g/mol. The van der Waals surface area contributed by atoms with Crippen LogP contribution in [0.25, 0.3) is 0 Å². The Balaban J connectivity index is 4.07. The molecule has 0 aromatic rings. The lowest BCUT2D eigenvalue weighted by Gasteiger charge is -2.28. The maximum atomic E-state index is 11.5. The van der Waals surface area contributed by atoms with E-state index in [0.717, 1.165) is 0 Å². The van der Waals surface area contributed by atoms with Crippen molar-refractivity contribution in [3.8, 4) is 0 Å². The average Bonchev–Trinajstić information content (AvgIpc) is 2.10. The highest BCUT2D eigenvalue weighted by atomic mass is 16.5. The molecule has 0 amide bonds. The van der Waals surface area contributed by atoms with E-state index in [2.05, 4.69) is 0 Å². The molecule has 0 rings (SSSR count). The van der Waals surface area contributed by atoms with Gasteiger partial charge in [-0.25, -0.2) is 0 Å². The van der Waals surface area contributed by atoms with Crippen molar-refractivity contribution < 1.29 is 14.3 Å². The van der Waals surface area contributed by atoms with E-state index in [1.807, 2.05) is 27.7 Å². The number of carbonyl (C=O) groups excluding carboxylic acids is 1. The van der Waals surface area contributed by atoms with Gasteiger partial charge >= 0.3 is 0 Å². The highest BCUT2D eigenvalue weighted by Gasteiger charge is 2.25. The van der Waals surface area contributed by atoms with Gasteiger partial charge in [0.05, 0.1) is 17.7 Å². The van der Waals surface area contributed by atoms with Crippen LogP contribution in [0.5, 0.6) is 0 Å². The Kier molecular flexibility index (Phi) is 6.02. The van der Waals surface area contributed by atoms with Crippen molar-refractivity contribution in [2.24, 2.45) is 5.73 Å². The Morgan fingerprint density at radius 1 is 1.40 bits per heavy atom. The second kappa shape index (κ2) is 6.20. The SMILES string of the molecule is CCOCC(=O)C(N)[C@@H](C)OC(C)(C)C. The van der Waals surface area contributed by atoms with Gasteiger partial charge in [0.2, 0.25) is 0 Å². The number of carbonyl (C=O) groups is 1. The molecule has 0 fully saturated rings. The first-order valence-electron chi connectivity index (χ1n) is 5.31. The van der Waals surface area contributed by atoms with E-state index in [4.69, 9.17) is 15.2 Å². The molecule has 0 spiro atoms. The van der Waals surface area contributed by atoms with E-state index < -0.39 is 6.04 Å². The summed E-state index contributed by atoms with van der Waals surface area (Å²) in [5.74, 6) is -0.117. The summed E-state index contributed by atoms with van der Waals surface area (Å²) in [5.41, 5.74) is 5.47. The molecule has 0 bridgehead atoms. The molecule has 1 unspecified atom stereocenters. The van der Waals surface area contributed by atoms with Crippen LogP contribution in [0.4, 0.5) is 0 Å². The predicted octanol–water partition coefficient (Wildman–Crippen LogP) is 1.12. The second-order valence-corrected chi connectivity index (χ2v) is 4.56. The second-order valence-electron chi connectivity index (χ2n) is 4.56. The van der Waals surface area contributed by atoms with Crippen LogP contribution in [-0.4, -0.2) is 36.7 Å². The Hall–Kier alpha value is -0.450. The summed E-state index contributed by atoms with van der Waals surface area (Å²) in [5, 5.41) is 0. The first kappa shape index (κ1) is 14.6. The summed E-state index contributed by atoms with van der Waals surface area (Å²) in [4.78, 5) is 11.5. The van der Waals surface area contributed by atoms with Crippen LogP contribution in [0, 0.1) is 0 Å². The van der Waals surface area contributed by atoms with E-state index in [0.29, 0.717) is 6.61 Å². The summed E-state index contributed by atoms with van der Waals surface area (Å²) in [6.45, 7) is 10.0. The van der Waals surface area contributed by atoms with Gasteiger partial charge in [-0.1, -0.05) is 0 Å². The fraction of sp³-hybridized carbons (Fsp3) is 0.909. The van der Waals surface area contributed by atoms with E-state index in [1.54, 1.807) is 6.92 Å². The van der Waals surface area contributed by atoms with E-state index in [9.17, 15) is 4.79 Å². The number of Topliss-reactive ketones (excluding diaryl/α,β-unsaturated/α-hetero) is 1. The topological polar surface area (TPSA) is 61.5 Å². The van der Waals surface area contributed by atoms with Crippen molar-refractivity contribution in [2.45, 2.75) is 52.4 Å². The Labute approximate surface area is 92.1 Å². The zero-order valence-corrected chi connectivity index (χ0v) is 10.4. The highest BCUT2D eigenvalue weighted by Crippen LogP contribution is 2.12. The van der Waals surface area contributed by atoms with Gasteiger partial charge in [-0.05, 0) is 34.6 Å². The molecule has 0 radical (unpaired) electrons. The summed E-state index contributed by atoms with van der Waals surface area (Å²) in [6, 6.07) is -0.615. The molecule has 2 N–H and O–H groups in total. The van der Waals surface area contributed by atoms with Crippen molar-refractivity contribution in [3.05, 3.63) is 0 Å². The van der Waals surface area contributed by atoms with Gasteiger partial charge in [0, 0.05) is 6.61 Å². The summed E-state index contributed by atoms with van der Waals surface area (Å²) < 4.78 is 10.6. The maximum Gasteiger partial charge on any atom is 0.177 e. The van der Waals surface area contributed by atoms with Crippen molar-refractivity contribution in [3.63, 3.8) is 0 Å². The minimum atomic E-state index is -0.615. The molecular weight excluding hydrogens is 194 g/mol. The van der Waals surface area contributed by atoms with Crippen LogP contribution in [0.15, 0.2) is 0 Å². The van der Waals surface area contributed by atoms with Gasteiger partial charge in [-0.3, -0.25) is 4.79 Å². The average molecular weight is 217 g/mol. The number of rotatable bonds is 6. The Bertz CT molecular complexity index is 198. The van der Waals surface area contributed by atoms with Gasteiger partial charge in [-0.15, -0.1) is 0 Å². The molecule has 2 atom stereocenters. The standard InChI is InChI=1S/C11H23NO3/c1-6-14-7-9(13)10(12)8(2)15-11(3,4)5/h8,10H,6-7,12H2,1-5H3/t8-,10?/m1/s1. The van der Waals surface area contributed by atoms with Gasteiger partial charge in [0.15, 0.2) is 5.78 Å². The molecule has 0 aliphatic heterocycles. The molecule has 0 aromatic heterocycles. The van der Waals surface area contributed by atoms with Crippen LogP contribution in [0.3, 0.4) is 0 Å². The van der Waals surface area contributed by atoms with Crippen molar-refractivity contribution in [1.29, 1.82) is 0 Å². The fourth-order valence-corrected chi connectivity index (χ4v) is 1.19. The van der Waals surface area contributed by atoms with Crippen LogP contribution in [0.1, 0.15) is 34.6 Å². The normalized spacial score (nSPS) is 16.1. The predicted molar refractivity (Wildman–Crippen MR) is 59.8 cm³/mol. The number of hydrogen-bond acceptors (Lipinski definition) is 4. The first-order valence-corrected chi connectivity index (χ1v) is 5.31. The zero-order chi connectivity index (χ0) is 12.1. The van der Waals surface area contributed by atoms with Crippen LogP contribution >= 0.6 is 0 Å². The van der Waals surface area contributed by atoms with Crippen LogP contribution in [0.2, 0.25) is 0 Å². The molecule has 0 aromatic carbocycles. The Morgan fingerprint density at radius 2 is 1.93 bits per heavy atom. The number of ether oxygens (including phenoxy) is 2. The van der Waals surface area contributed by atoms with E-state index >= 15 is 0 Å². The summed E-state index contributed by atoms with van der Waals surface area (Å²) in [6.07, 6.45) is -0.294. The minimum absolute atomic E-state index is 0.0650. The maximum absolute atomic E-state index is 11.5. The molecule has 0 aliphatic rings. The lowest BCUT2D eigenvalue weighted by Crippen LogP contribution is -2.46. The third-order valence-corrected chi connectivity index (χ3v) is 1.87. The van der Waals surface area contributed by atoms with Crippen LogP contribution < -0.4 is 5.73 Å².